The Morgan fingerprint density at radius 3 is 2.53 bits per heavy atom. The van der Waals surface area contributed by atoms with Crippen LogP contribution in [0.2, 0.25) is 0 Å². The molecule has 0 aliphatic heterocycles. The number of esters is 1. The first kappa shape index (κ1) is 11.6. The van der Waals surface area contributed by atoms with Gasteiger partial charge in [-0.15, -0.1) is 11.3 Å². The Morgan fingerprint density at radius 2 is 2.07 bits per heavy atom. The molecule has 4 nitrogen and oxygen atoms in total. The number of rotatable bonds is 3. The fourth-order valence-corrected chi connectivity index (χ4v) is 1.71. The maximum Gasteiger partial charge on any atom is 0.380 e. The minimum absolute atomic E-state index is 0.0616. The average Bonchev–Trinajstić information content (AvgIpc) is 2.65. The van der Waals surface area contributed by atoms with E-state index in [-0.39, 0.29) is 4.88 Å². The van der Waals surface area contributed by atoms with E-state index in [1.54, 1.807) is 0 Å². The summed E-state index contributed by atoms with van der Waals surface area (Å²) in [5, 5.41) is 8.24. The van der Waals surface area contributed by atoms with Crippen LogP contribution < -0.4 is 0 Å². The largest absolute Gasteiger partial charge is 0.477 e. The van der Waals surface area contributed by atoms with E-state index in [4.69, 9.17) is 5.11 Å². The zero-order valence-electron chi connectivity index (χ0n) is 7.49. The summed E-state index contributed by atoms with van der Waals surface area (Å²) in [5.74, 6) is -7.00. The molecule has 1 aromatic heterocycles. The Bertz CT molecular complexity index is 399. The number of hydrogen-bond acceptors (Lipinski definition) is 4. The van der Waals surface area contributed by atoms with Crippen molar-refractivity contribution in [1.82, 2.24) is 0 Å². The quantitative estimate of drug-likeness (QED) is 0.811. The molecule has 7 heteroatoms. The van der Waals surface area contributed by atoms with Crippen LogP contribution in [0.5, 0.6) is 0 Å². The van der Waals surface area contributed by atoms with E-state index in [1.165, 1.54) is 0 Å². The second kappa shape index (κ2) is 3.93. The van der Waals surface area contributed by atoms with Gasteiger partial charge in [0.05, 0.1) is 12.0 Å². The lowest BCUT2D eigenvalue weighted by molar-refractivity contribution is -0.165. The molecule has 0 unspecified atom stereocenters. The Labute approximate surface area is 87.1 Å². The summed E-state index contributed by atoms with van der Waals surface area (Å²) in [6, 6.07) is 1.99. The van der Waals surface area contributed by atoms with E-state index < -0.39 is 22.7 Å². The van der Waals surface area contributed by atoms with Crippen molar-refractivity contribution in [2.75, 3.05) is 7.11 Å². The van der Waals surface area contributed by atoms with Crippen molar-refractivity contribution in [3.63, 3.8) is 0 Å². The molecule has 0 radical (unpaired) electrons. The number of hydrogen-bond donors (Lipinski definition) is 1. The summed E-state index contributed by atoms with van der Waals surface area (Å²) in [5.41, 5.74) is 0. The van der Waals surface area contributed by atoms with Gasteiger partial charge in [0.15, 0.2) is 0 Å². The molecular formula is C8H6F2O4S. The zero-order valence-corrected chi connectivity index (χ0v) is 8.31. The number of ether oxygens (including phenoxy) is 1. The molecule has 82 valence electrons. The van der Waals surface area contributed by atoms with Crippen molar-refractivity contribution >= 4 is 23.3 Å². The van der Waals surface area contributed by atoms with E-state index in [0.29, 0.717) is 11.3 Å². The number of carboxylic acids is 1. The number of methoxy groups -OCH3 is 1. The summed E-state index contributed by atoms with van der Waals surface area (Å²) in [6.45, 7) is 0. The monoisotopic (exact) mass is 236 g/mol. The number of thiophene rings is 1. The molecule has 0 amide bonds. The maximum absolute atomic E-state index is 12.9. The van der Waals surface area contributed by atoms with Crippen LogP contribution in [0.3, 0.4) is 0 Å². The van der Waals surface area contributed by atoms with Crippen LogP contribution in [0, 0.1) is 0 Å². The lowest BCUT2D eigenvalue weighted by Gasteiger charge is -2.07. The van der Waals surface area contributed by atoms with Crippen LogP contribution in [-0.2, 0) is 15.5 Å². The molecule has 1 rings (SSSR count). The number of carbonyl (C=O) groups is 2. The van der Waals surface area contributed by atoms with Gasteiger partial charge in [0.25, 0.3) is 0 Å². The first-order valence-electron chi connectivity index (χ1n) is 3.69. The van der Waals surface area contributed by atoms with Gasteiger partial charge in [-0.25, -0.2) is 9.59 Å². The van der Waals surface area contributed by atoms with E-state index in [1.807, 2.05) is 0 Å². The fraction of sp³-hybridized carbons (Fsp3) is 0.250. The average molecular weight is 236 g/mol. The van der Waals surface area contributed by atoms with E-state index >= 15 is 0 Å². The first-order valence-corrected chi connectivity index (χ1v) is 4.51. The molecule has 15 heavy (non-hydrogen) atoms. The highest BCUT2D eigenvalue weighted by Gasteiger charge is 2.42. The summed E-state index contributed by atoms with van der Waals surface area (Å²) in [7, 11) is 1.11. The molecule has 1 heterocycles. The predicted octanol–water partition coefficient (Wildman–Crippen LogP) is 1.71. The Morgan fingerprint density at radius 1 is 1.47 bits per heavy atom. The van der Waals surface area contributed by atoms with Gasteiger partial charge in [-0.3, -0.25) is 0 Å². The van der Waals surface area contributed by atoms with Crippen molar-refractivity contribution < 1.29 is 28.2 Å². The van der Waals surface area contributed by atoms with Crippen molar-refractivity contribution in [3.8, 4) is 0 Å². The number of aliphatic carboxylic acids is 1. The molecule has 0 aromatic carbocycles. The fourth-order valence-electron chi connectivity index (χ4n) is 0.822. The third-order valence-corrected chi connectivity index (χ3v) is 2.71. The first-order chi connectivity index (χ1) is 6.89. The Hall–Kier alpha value is -1.50. The van der Waals surface area contributed by atoms with E-state index in [0.717, 1.165) is 19.2 Å². The molecule has 0 atom stereocenters. The zero-order chi connectivity index (χ0) is 11.6. The number of carbonyl (C=O) groups excluding carboxylic acids is 1. The highest BCUT2D eigenvalue weighted by molar-refractivity contribution is 7.14. The molecule has 0 bridgehead atoms. The van der Waals surface area contributed by atoms with E-state index in [2.05, 4.69) is 4.74 Å². The summed E-state index contributed by atoms with van der Waals surface area (Å²) in [6.07, 6.45) is 0. The van der Waals surface area contributed by atoms with Crippen LogP contribution >= 0.6 is 11.3 Å². The smallest absolute Gasteiger partial charge is 0.380 e. The number of carboxylic acid groups (broad SMARTS) is 1. The minimum Gasteiger partial charge on any atom is -0.477 e. The summed E-state index contributed by atoms with van der Waals surface area (Å²) >= 11 is 0.395. The van der Waals surface area contributed by atoms with Gasteiger partial charge in [-0.2, -0.15) is 8.78 Å². The molecule has 1 N–H and O–H groups in total. The van der Waals surface area contributed by atoms with E-state index in [9.17, 15) is 18.4 Å². The molecule has 0 spiro atoms. The molecule has 1 aromatic rings. The predicted molar refractivity (Wildman–Crippen MR) is 47.2 cm³/mol. The third kappa shape index (κ3) is 2.12. The Kier molecular flexibility index (Phi) is 3.04. The van der Waals surface area contributed by atoms with Gasteiger partial charge in [0, 0.05) is 0 Å². The second-order valence-electron chi connectivity index (χ2n) is 2.54. The third-order valence-electron chi connectivity index (χ3n) is 1.57. The lowest BCUT2D eigenvalue weighted by atomic mass is 10.3. The van der Waals surface area contributed by atoms with Crippen molar-refractivity contribution in [3.05, 3.63) is 21.9 Å². The van der Waals surface area contributed by atoms with Crippen LogP contribution in [0.25, 0.3) is 0 Å². The van der Waals surface area contributed by atoms with Gasteiger partial charge in [0.1, 0.15) is 4.88 Å². The Balaban J connectivity index is 3.04. The molecule has 0 fully saturated rings. The van der Waals surface area contributed by atoms with Gasteiger partial charge in [0.2, 0.25) is 0 Å². The number of alkyl halides is 2. The van der Waals surface area contributed by atoms with Crippen molar-refractivity contribution in [2.24, 2.45) is 0 Å². The van der Waals surface area contributed by atoms with Crippen molar-refractivity contribution in [1.29, 1.82) is 0 Å². The van der Waals surface area contributed by atoms with Crippen LogP contribution in [0.15, 0.2) is 12.1 Å². The standard InChI is InChI=1S/C8H6F2O4S/c1-14-6(11)4-2-3-5(15-4)8(9,10)7(12)13/h2-3H,1H3,(H,12,13). The highest BCUT2D eigenvalue weighted by atomic mass is 32.1. The summed E-state index contributed by atoms with van der Waals surface area (Å²) in [4.78, 5) is 20.4. The normalized spacial score (nSPS) is 11.1. The molecule has 0 aliphatic carbocycles. The SMILES string of the molecule is COC(=O)c1ccc(C(F)(F)C(=O)O)s1. The minimum atomic E-state index is -3.98. The van der Waals surface area contributed by atoms with Crippen LogP contribution in [0.4, 0.5) is 8.78 Å². The molecular weight excluding hydrogens is 230 g/mol. The van der Waals surface area contributed by atoms with Crippen LogP contribution in [-0.4, -0.2) is 24.2 Å². The van der Waals surface area contributed by atoms with Gasteiger partial charge in [-0.1, -0.05) is 0 Å². The topological polar surface area (TPSA) is 63.6 Å². The van der Waals surface area contributed by atoms with Gasteiger partial charge in [-0.05, 0) is 12.1 Å². The molecule has 0 saturated heterocycles. The van der Waals surface area contributed by atoms with Crippen LogP contribution in [0.1, 0.15) is 14.5 Å². The number of halogens is 2. The van der Waals surface area contributed by atoms with Crippen molar-refractivity contribution in [2.45, 2.75) is 5.92 Å². The molecule has 0 saturated carbocycles. The lowest BCUT2D eigenvalue weighted by Crippen LogP contribution is -2.23. The summed E-state index contributed by atoms with van der Waals surface area (Å²) < 4.78 is 30.1. The molecule has 0 aliphatic rings. The highest BCUT2D eigenvalue weighted by Crippen LogP contribution is 2.33. The van der Waals surface area contributed by atoms with Gasteiger partial charge >= 0.3 is 17.9 Å². The maximum atomic E-state index is 12.9. The van der Waals surface area contributed by atoms with Gasteiger partial charge < -0.3 is 9.84 Å². The second-order valence-corrected chi connectivity index (χ2v) is 3.62.